The molecule has 1 N–H and O–H groups in total. The van der Waals surface area contributed by atoms with Gasteiger partial charge in [-0.25, -0.2) is 4.79 Å². The van der Waals surface area contributed by atoms with Crippen molar-refractivity contribution in [3.05, 3.63) is 74.1 Å². The Morgan fingerprint density at radius 3 is 2.62 bits per heavy atom. The fraction of sp³-hybridized carbons (Fsp3) is 0.286. The Balaban J connectivity index is 1.83. The highest BCUT2D eigenvalue weighted by Gasteiger charge is 2.31. The van der Waals surface area contributed by atoms with Crippen LogP contribution in [0.25, 0.3) is 11.0 Å². The summed E-state index contributed by atoms with van der Waals surface area (Å²) in [6.45, 7) is 7.09. The lowest BCUT2D eigenvalue weighted by Crippen LogP contribution is -3.12. The van der Waals surface area contributed by atoms with Gasteiger partial charge in [-0.2, -0.15) is 0 Å². The summed E-state index contributed by atoms with van der Waals surface area (Å²) in [6.07, 6.45) is 0. The number of quaternary nitrogens is 1. The van der Waals surface area contributed by atoms with Crippen molar-refractivity contribution in [1.82, 2.24) is 0 Å². The number of halogens is 1. The van der Waals surface area contributed by atoms with Gasteiger partial charge in [-0.05, 0) is 32.4 Å². The molecule has 4 rings (SSSR count). The zero-order chi connectivity index (χ0) is 18.4. The summed E-state index contributed by atoms with van der Waals surface area (Å²) in [4.78, 5) is 13.5. The highest BCUT2D eigenvalue weighted by atomic mass is 35.5. The summed E-state index contributed by atoms with van der Waals surface area (Å²) in [5.41, 5.74) is 3.93. The third-order valence-electron chi connectivity index (χ3n) is 5.47. The third kappa shape index (κ3) is 2.70. The van der Waals surface area contributed by atoms with Crippen LogP contribution in [0.15, 0.2) is 45.6 Å². The Labute approximate surface area is 156 Å². The third-order valence-corrected chi connectivity index (χ3v) is 5.75. The maximum absolute atomic E-state index is 12.2. The Morgan fingerprint density at radius 1 is 1.15 bits per heavy atom. The normalized spacial score (nSPS) is 17.6. The molecule has 0 saturated carbocycles. The van der Waals surface area contributed by atoms with Crippen molar-refractivity contribution in [2.75, 3.05) is 6.73 Å². The van der Waals surface area contributed by atoms with Crippen LogP contribution in [0.1, 0.15) is 35.2 Å². The van der Waals surface area contributed by atoms with Gasteiger partial charge in [-0.3, -0.25) is 4.90 Å². The summed E-state index contributed by atoms with van der Waals surface area (Å²) in [5, 5.41) is 1.44. The van der Waals surface area contributed by atoms with E-state index in [0.29, 0.717) is 35.2 Å². The van der Waals surface area contributed by atoms with E-state index < -0.39 is 0 Å². The molecule has 0 spiro atoms. The maximum atomic E-state index is 12.2. The van der Waals surface area contributed by atoms with Gasteiger partial charge in [0.05, 0.1) is 10.6 Å². The van der Waals surface area contributed by atoms with E-state index in [0.717, 1.165) is 16.5 Å². The molecular weight excluding hydrogens is 350 g/mol. The van der Waals surface area contributed by atoms with Gasteiger partial charge in [0, 0.05) is 16.5 Å². The average Bonchev–Trinajstić information content (AvgIpc) is 2.67. The van der Waals surface area contributed by atoms with Crippen molar-refractivity contribution in [3.63, 3.8) is 0 Å². The van der Waals surface area contributed by atoms with E-state index in [4.69, 9.17) is 20.8 Å². The number of rotatable bonds is 2. The lowest BCUT2D eigenvalue weighted by molar-refractivity contribution is -0.960. The van der Waals surface area contributed by atoms with Gasteiger partial charge in [0.25, 0.3) is 0 Å². The second-order valence-electron chi connectivity index (χ2n) is 6.94. The molecule has 1 aliphatic heterocycles. The molecule has 0 radical (unpaired) electrons. The smallest absolute Gasteiger partial charge is 0.339 e. The van der Waals surface area contributed by atoms with Gasteiger partial charge in [0.15, 0.2) is 11.3 Å². The zero-order valence-electron chi connectivity index (χ0n) is 15.1. The molecule has 5 heteroatoms. The van der Waals surface area contributed by atoms with Crippen LogP contribution >= 0.6 is 11.6 Å². The predicted molar refractivity (Wildman–Crippen MR) is 102 cm³/mol. The second kappa shape index (κ2) is 6.45. The van der Waals surface area contributed by atoms with E-state index in [1.54, 1.807) is 6.92 Å². The number of aryl methyl sites for hydroxylation is 1. The number of benzene rings is 2. The van der Waals surface area contributed by atoms with Crippen LogP contribution in [0, 0.1) is 13.8 Å². The number of nitrogens with one attached hydrogen (secondary N) is 1. The molecular formula is C21H21ClNO3+. The summed E-state index contributed by atoms with van der Waals surface area (Å²) in [6, 6.07) is 12.4. The van der Waals surface area contributed by atoms with Crippen molar-refractivity contribution < 1.29 is 14.1 Å². The minimum absolute atomic E-state index is 0.247. The molecule has 2 heterocycles. The molecule has 0 fully saturated rings. The van der Waals surface area contributed by atoms with Crippen molar-refractivity contribution in [3.8, 4) is 5.75 Å². The summed E-state index contributed by atoms with van der Waals surface area (Å²) in [5.74, 6) is 0.634. The molecule has 2 aromatic carbocycles. The van der Waals surface area contributed by atoms with Gasteiger partial charge in [0.2, 0.25) is 6.73 Å². The second-order valence-corrected chi connectivity index (χ2v) is 7.35. The largest absolute Gasteiger partial charge is 0.443 e. The first-order valence-electron chi connectivity index (χ1n) is 8.75. The summed E-state index contributed by atoms with van der Waals surface area (Å²) < 4.78 is 11.6. The van der Waals surface area contributed by atoms with Crippen LogP contribution in [-0.2, 0) is 6.54 Å². The molecule has 1 unspecified atom stereocenters. The van der Waals surface area contributed by atoms with Crippen molar-refractivity contribution in [2.24, 2.45) is 0 Å². The van der Waals surface area contributed by atoms with E-state index in [1.807, 2.05) is 31.2 Å². The van der Waals surface area contributed by atoms with Gasteiger partial charge < -0.3 is 9.15 Å². The van der Waals surface area contributed by atoms with Gasteiger partial charge in [-0.1, -0.05) is 41.9 Å². The summed E-state index contributed by atoms with van der Waals surface area (Å²) >= 11 is 6.48. The maximum Gasteiger partial charge on any atom is 0.339 e. The van der Waals surface area contributed by atoms with Crippen LogP contribution in [0.4, 0.5) is 0 Å². The Hall–Kier alpha value is -2.30. The molecule has 0 aliphatic carbocycles. The molecule has 2 atom stereocenters. The number of hydrogen-bond acceptors (Lipinski definition) is 3. The van der Waals surface area contributed by atoms with Crippen LogP contribution in [-0.4, -0.2) is 6.73 Å². The molecule has 26 heavy (non-hydrogen) atoms. The Bertz CT molecular complexity index is 1040. The Morgan fingerprint density at radius 2 is 1.88 bits per heavy atom. The van der Waals surface area contributed by atoms with Crippen molar-refractivity contribution in [2.45, 2.75) is 33.4 Å². The highest BCUT2D eigenvalue weighted by Crippen LogP contribution is 2.37. The first-order valence-corrected chi connectivity index (χ1v) is 9.13. The number of fused-ring (bicyclic) bond motifs is 3. The lowest BCUT2D eigenvalue weighted by atomic mass is 10.0. The fourth-order valence-electron chi connectivity index (χ4n) is 3.60. The molecule has 134 valence electrons. The van der Waals surface area contributed by atoms with Crippen molar-refractivity contribution >= 4 is 22.6 Å². The lowest BCUT2D eigenvalue weighted by Gasteiger charge is -2.31. The molecule has 3 aromatic rings. The fourth-order valence-corrected chi connectivity index (χ4v) is 3.88. The SMILES string of the molecule is Cc1c(C)c2cc(Cl)c3c(c2oc1=O)C[NH+]([C@H](C)c1ccccc1)CO3. The first kappa shape index (κ1) is 17.1. The van der Waals surface area contributed by atoms with Crippen LogP contribution in [0.5, 0.6) is 5.75 Å². The van der Waals surface area contributed by atoms with Gasteiger partial charge >= 0.3 is 5.63 Å². The number of ether oxygens (including phenoxy) is 1. The molecule has 0 amide bonds. The highest BCUT2D eigenvalue weighted by molar-refractivity contribution is 6.33. The van der Waals surface area contributed by atoms with E-state index >= 15 is 0 Å². The van der Waals surface area contributed by atoms with Gasteiger partial charge in [0.1, 0.15) is 12.6 Å². The van der Waals surface area contributed by atoms with E-state index in [1.165, 1.54) is 10.5 Å². The molecule has 0 bridgehead atoms. The number of hydrogen-bond donors (Lipinski definition) is 1. The minimum atomic E-state index is -0.303. The molecule has 1 aromatic heterocycles. The quantitative estimate of drug-likeness (QED) is 0.701. The van der Waals surface area contributed by atoms with E-state index in [2.05, 4.69) is 19.1 Å². The minimum Gasteiger partial charge on any atom is -0.443 e. The van der Waals surface area contributed by atoms with Crippen LogP contribution in [0.2, 0.25) is 5.02 Å². The van der Waals surface area contributed by atoms with E-state index in [-0.39, 0.29) is 11.7 Å². The molecule has 4 nitrogen and oxygen atoms in total. The first-order chi connectivity index (χ1) is 12.5. The predicted octanol–water partition coefficient (Wildman–Crippen LogP) is 3.56. The van der Waals surface area contributed by atoms with Gasteiger partial charge in [-0.15, -0.1) is 0 Å². The van der Waals surface area contributed by atoms with E-state index in [9.17, 15) is 4.79 Å². The van der Waals surface area contributed by atoms with Crippen LogP contribution < -0.4 is 15.3 Å². The summed E-state index contributed by atoms with van der Waals surface area (Å²) in [7, 11) is 0. The average molecular weight is 371 g/mol. The Kier molecular flexibility index (Phi) is 4.25. The molecule has 0 saturated heterocycles. The standard InChI is InChI=1S/C21H20ClNO3/c1-12-13(2)21(24)26-19-16(12)9-18(22)20-17(19)10-23(11-25-20)14(3)15-7-5-4-6-8-15/h4-9,14H,10-11H2,1-3H3/p+1/t14-/m1/s1. The molecule has 1 aliphatic rings. The van der Waals surface area contributed by atoms with Crippen molar-refractivity contribution in [1.29, 1.82) is 0 Å². The topological polar surface area (TPSA) is 43.9 Å². The zero-order valence-corrected chi connectivity index (χ0v) is 15.8. The monoisotopic (exact) mass is 370 g/mol. The van der Waals surface area contributed by atoms with Crippen LogP contribution in [0.3, 0.4) is 0 Å².